The molecule has 0 spiro atoms. The van der Waals surface area contributed by atoms with E-state index in [0.717, 1.165) is 12.1 Å². The monoisotopic (exact) mass is 402 g/mol. The highest BCUT2D eigenvalue weighted by atomic mass is 32.1. The number of nitrogens with one attached hydrogen (secondary N) is 1. The van der Waals surface area contributed by atoms with Crippen molar-refractivity contribution >= 4 is 33.7 Å². The van der Waals surface area contributed by atoms with E-state index in [2.05, 4.69) is 27.1 Å². The maximum atomic E-state index is 12.5. The number of amides is 1. The summed E-state index contributed by atoms with van der Waals surface area (Å²) in [4.78, 5) is 17.9. The smallest absolute Gasteiger partial charge is 0.257 e. The predicted octanol–water partition coefficient (Wildman–Crippen LogP) is 3.74. The molecule has 140 valence electrons. The van der Waals surface area contributed by atoms with Crippen LogP contribution in [0.5, 0.6) is 11.5 Å². The van der Waals surface area contributed by atoms with Gasteiger partial charge in [0.2, 0.25) is 5.13 Å². The number of hydrogen-bond donors (Lipinski definition) is 1. The lowest BCUT2D eigenvalue weighted by Gasteiger charge is -2.11. The van der Waals surface area contributed by atoms with Crippen LogP contribution in [0.2, 0.25) is 0 Å². The highest BCUT2D eigenvalue weighted by Gasteiger charge is 2.12. The molecule has 3 aromatic rings. The summed E-state index contributed by atoms with van der Waals surface area (Å²) in [7, 11) is 0. The van der Waals surface area contributed by atoms with E-state index in [-0.39, 0.29) is 5.91 Å². The molecule has 0 radical (unpaired) electrons. The minimum absolute atomic E-state index is 0.307. The van der Waals surface area contributed by atoms with Crippen LogP contribution in [0, 0.1) is 6.92 Å². The molecule has 7 nitrogen and oxygen atoms in total. The zero-order chi connectivity index (χ0) is 19.1. The number of aryl methyl sites for hydroxylation is 1. The van der Waals surface area contributed by atoms with E-state index in [1.165, 1.54) is 16.2 Å². The van der Waals surface area contributed by atoms with Gasteiger partial charge in [-0.25, -0.2) is 4.98 Å². The van der Waals surface area contributed by atoms with Gasteiger partial charge in [0.25, 0.3) is 5.91 Å². The largest absolute Gasteiger partial charge is 0.493 e. The number of anilines is 1. The number of rotatable bonds is 9. The molecule has 1 amide bonds. The molecular weight excluding hydrogens is 384 g/mol. The number of carbonyl (C=O) groups is 1. The van der Waals surface area contributed by atoms with Crippen molar-refractivity contribution in [2.45, 2.75) is 13.3 Å². The molecule has 0 aliphatic rings. The van der Waals surface area contributed by atoms with Crippen LogP contribution < -0.4 is 14.8 Å². The van der Waals surface area contributed by atoms with E-state index in [0.29, 0.717) is 35.4 Å². The zero-order valence-corrected chi connectivity index (χ0v) is 16.3. The number of ether oxygens (including phenoxy) is 2. The number of nitrogens with zero attached hydrogens (tertiary/aromatic N) is 3. The Balaban J connectivity index is 1.72. The quantitative estimate of drug-likeness (QED) is 0.549. The van der Waals surface area contributed by atoms with Gasteiger partial charge in [0.15, 0.2) is 0 Å². The average molecular weight is 403 g/mol. The molecule has 0 aliphatic carbocycles. The summed E-state index contributed by atoms with van der Waals surface area (Å²) < 4.78 is 11.4. The van der Waals surface area contributed by atoms with Gasteiger partial charge in [-0.2, -0.15) is 0 Å². The Kier molecular flexibility index (Phi) is 6.50. The maximum Gasteiger partial charge on any atom is 0.257 e. The van der Waals surface area contributed by atoms with E-state index >= 15 is 0 Å². The first kappa shape index (κ1) is 19.0. The van der Waals surface area contributed by atoms with Crippen molar-refractivity contribution in [1.82, 2.24) is 15.2 Å². The normalized spacial score (nSPS) is 10.4. The van der Waals surface area contributed by atoms with Crippen LogP contribution in [0.4, 0.5) is 5.13 Å². The fourth-order valence-corrected chi connectivity index (χ4v) is 3.45. The van der Waals surface area contributed by atoms with Gasteiger partial charge in [-0.3, -0.25) is 10.1 Å². The molecule has 9 heteroatoms. The van der Waals surface area contributed by atoms with Crippen LogP contribution in [0.15, 0.2) is 41.9 Å². The number of thiazole rings is 1. The van der Waals surface area contributed by atoms with Crippen molar-refractivity contribution < 1.29 is 14.3 Å². The molecule has 1 aromatic carbocycles. The lowest BCUT2D eigenvalue weighted by atomic mass is 10.2. The van der Waals surface area contributed by atoms with Gasteiger partial charge in [0, 0.05) is 22.9 Å². The molecule has 0 saturated carbocycles. The van der Waals surface area contributed by atoms with Crippen molar-refractivity contribution in [2.24, 2.45) is 0 Å². The summed E-state index contributed by atoms with van der Waals surface area (Å²) in [6.45, 7) is 6.43. The number of benzene rings is 1. The standard InChI is InChI=1S/C18H18N4O3S2/c1-3-5-24-14-7-13(17(23)21-18-22-20-11-27-18)8-15(9-14)25-6-4-16-12(2)19-10-26-16/h3,7-11H,1,4-6H2,2H3,(H,21,22,23). The number of hydrogen-bond acceptors (Lipinski definition) is 8. The molecule has 0 fully saturated rings. The Morgan fingerprint density at radius 3 is 2.70 bits per heavy atom. The van der Waals surface area contributed by atoms with Gasteiger partial charge in [-0.15, -0.1) is 21.5 Å². The summed E-state index contributed by atoms with van der Waals surface area (Å²) in [6.07, 6.45) is 2.39. The number of carbonyl (C=O) groups excluding carboxylic acids is 1. The molecule has 0 bridgehead atoms. The number of aromatic nitrogens is 3. The van der Waals surface area contributed by atoms with Crippen LogP contribution in [0.1, 0.15) is 20.9 Å². The van der Waals surface area contributed by atoms with Crippen molar-refractivity contribution in [1.29, 1.82) is 0 Å². The highest BCUT2D eigenvalue weighted by molar-refractivity contribution is 7.13. The lowest BCUT2D eigenvalue weighted by molar-refractivity contribution is 0.102. The zero-order valence-electron chi connectivity index (χ0n) is 14.7. The molecule has 0 unspecified atom stereocenters. The van der Waals surface area contributed by atoms with Gasteiger partial charge in [0.1, 0.15) is 23.6 Å². The van der Waals surface area contributed by atoms with E-state index in [1.54, 1.807) is 41.1 Å². The third-order valence-corrected chi connectivity index (χ3v) is 5.13. The third kappa shape index (κ3) is 5.35. The molecule has 2 aromatic heterocycles. The Bertz CT molecular complexity index is 909. The maximum absolute atomic E-state index is 12.5. The van der Waals surface area contributed by atoms with Gasteiger partial charge >= 0.3 is 0 Å². The minimum Gasteiger partial charge on any atom is -0.493 e. The first-order valence-electron chi connectivity index (χ1n) is 8.14. The Morgan fingerprint density at radius 1 is 1.22 bits per heavy atom. The SMILES string of the molecule is C=CCOc1cc(OCCc2scnc2C)cc(C(=O)Nc2nncs2)c1. The van der Waals surface area contributed by atoms with Crippen LogP contribution in [-0.4, -0.2) is 34.3 Å². The van der Waals surface area contributed by atoms with E-state index in [4.69, 9.17) is 9.47 Å². The lowest BCUT2D eigenvalue weighted by Crippen LogP contribution is -2.12. The molecule has 1 N–H and O–H groups in total. The molecule has 0 atom stereocenters. The fourth-order valence-electron chi connectivity index (χ4n) is 2.25. The van der Waals surface area contributed by atoms with Crippen LogP contribution in [0.3, 0.4) is 0 Å². The Hall–Kier alpha value is -2.78. The first-order valence-corrected chi connectivity index (χ1v) is 9.89. The predicted molar refractivity (Wildman–Crippen MR) is 106 cm³/mol. The molecule has 27 heavy (non-hydrogen) atoms. The van der Waals surface area contributed by atoms with Gasteiger partial charge in [0.05, 0.1) is 17.8 Å². The Labute approximate surface area is 164 Å². The molecule has 0 saturated heterocycles. The van der Waals surface area contributed by atoms with E-state index < -0.39 is 0 Å². The van der Waals surface area contributed by atoms with Gasteiger partial charge in [-0.05, 0) is 19.1 Å². The summed E-state index contributed by atoms with van der Waals surface area (Å²) in [5, 5.41) is 10.7. The van der Waals surface area contributed by atoms with Crippen molar-refractivity contribution in [3.63, 3.8) is 0 Å². The van der Waals surface area contributed by atoms with Crippen molar-refractivity contribution in [3.8, 4) is 11.5 Å². The summed E-state index contributed by atoms with van der Waals surface area (Å²) in [5.41, 5.74) is 4.80. The second-order valence-electron chi connectivity index (χ2n) is 5.45. The second kappa shape index (κ2) is 9.24. The topological polar surface area (TPSA) is 86.2 Å². The Morgan fingerprint density at radius 2 is 2.04 bits per heavy atom. The molecular formula is C18H18N4O3S2. The molecule has 0 aliphatic heterocycles. The van der Waals surface area contributed by atoms with E-state index in [9.17, 15) is 4.79 Å². The van der Waals surface area contributed by atoms with Gasteiger partial charge < -0.3 is 9.47 Å². The summed E-state index contributed by atoms with van der Waals surface area (Å²) in [6, 6.07) is 5.08. The highest BCUT2D eigenvalue weighted by Crippen LogP contribution is 2.25. The van der Waals surface area contributed by atoms with Crippen LogP contribution in [-0.2, 0) is 6.42 Å². The van der Waals surface area contributed by atoms with Crippen molar-refractivity contribution in [2.75, 3.05) is 18.5 Å². The van der Waals surface area contributed by atoms with Gasteiger partial charge in [-0.1, -0.05) is 24.0 Å². The molecule has 2 heterocycles. The minimum atomic E-state index is -0.307. The third-order valence-electron chi connectivity index (χ3n) is 3.53. The average Bonchev–Trinajstić information content (AvgIpc) is 3.32. The summed E-state index contributed by atoms with van der Waals surface area (Å²) in [5.74, 6) is 0.781. The summed E-state index contributed by atoms with van der Waals surface area (Å²) >= 11 is 2.85. The first-order chi connectivity index (χ1) is 13.2. The second-order valence-corrected chi connectivity index (χ2v) is 7.22. The van der Waals surface area contributed by atoms with Crippen LogP contribution >= 0.6 is 22.7 Å². The van der Waals surface area contributed by atoms with Crippen LogP contribution in [0.25, 0.3) is 0 Å². The fraction of sp³-hybridized carbons (Fsp3) is 0.222. The van der Waals surface area contributed by atoms with E-state index in [1.807, 2.05) is 12.4 Å². The van der Waals surface area contributed by atoms with Crippen molar-refractivity contribution in [3.05, 3.63) is 58.0 Å². The molecule has 3 rings (SSSR count).